The third-order valence-electron chi connectivity index (χ3n) is 3.18. The summed E-state index contributed by atoms with van der Waals surface area (Å²) in [6, 6.07) is 2.28. The van der Waals surface area contributed by atoms with E-state index in [9.17, 15) is 0 Å². The Bertz CT molecular complexity index is 566. The Morgan fingerprint density at radius 3 is 2.44 bits per heavy atom. The molecule has 0 saturated heterocycles. The van der Waals surface area contributed by atoms with E-state index < -0.39 is 0 Å². The van der Waals surface area contributed by atoms with Gasteiger partial charge in [-0.2, -0.15) is 12.6 Å². The minimum atomic E-state index is 0.0677. The molecule has 0 aliphatic rings. The van der Waals surface area contributed by atoms with Gasteiger partial charge in [-0.25, -0.2) is 4.98 Å². The highest BCUT2D eigenvalue weighted by Crippen LogP contribution is 2.38. The zero-order valence-corrected chi connectivity index (χ0v) is 14.0. The minimum absolute atomic E-state index is 0.0677. The summed E-state index contributed by atoms with van der Waals surface area (Å²) in [5.74, 6) is 0.827. The van der Waals surface area contributed by atoms with Crippen molar-refractivity contribution in [2.45, 2.75) is 40.0 Å². The highest BCUT2D eigenvalue weighted by atomic mass is 32.1. The van der Waals surface area contributed by atoms with Crippen molar-refractivity contribution in [2.75, 3.05) is 5.75 Å². The van der Waals surface area contributed by atoms with Gasteiger partial charge in [-0.3, -0.25) is 0 Å². The first-order valence-electron chi connectivity index (χ1n) is 6.01. The Morgan fingerprint density at radius 1 is 1.28 bits per heavy atom. The average Bonchev–Trinajstić information content (AvgIpc) is 2.85. The Kier molecular flexibility index (Phi) is 3.90. The molecule has 0 radical (unpaired) electrons. The van der Waals surface area contributed by atoms with E-state index in [0.717, 1.165) is 5.75 Å². The van der Waals surface area contributed by atoms with E-state index in [1.807, 2.05) is 0 Å². The monoisotopic (exact) mass is 297 g/mol. The van der Waals surface area contributed by atoms with Crippen molar-refractivity contribution in [1.29, 1.82) is 0 Å². The fourth-order valence-corrected chi connectivity index (χ4v) is 4.20. The fraction of sp³-hybridized carbons (Fsp3) is 0.500. The third kappa shape index (κ3) is 2.51. The number of thiol groups is 1. The lowest BCUT2D eigenvalue weighted by Crippen LogP contribution is -2.18. The van der Waals surface area contributed by atoms with Crippen LogP contribution in [0.4, 0.5) is 0 Å². The van der Waals surface area contributed by atoms with Crippen LogP contribution in [0.3, 0.4) is 0 Å². The van der Waals surface area contributed by atoms with E-state index in [4.69, 9.17) is 4.98 Å². The van der Waals surface area contributed by atoms with E-state index >= 15 is 0 Å². The SMILES string of the molecule is CC(C)=C(C)c1cc2sc(C(C)(C)CS)nc2s1. The molecule has 2 heterocycles. The molecule has 2 aromatic rings. The van der Waals surface area contributed by atoms with Crippen LogP contribution in [0.15, 0.2) is 11.6 Å². The van der Waals surface area contributed by atoms with Crippen LogP contribution < -0.4 is 0 Å². The fourth-order valence-electron chi connectivity index (χ4n) is 1.52. The summed E-state index contributed by atoms with van der Waals surface area (Å²) in [5.41, 5.74) is 2.82. The smallest absolute Gasteiger partial charge is 0.135 e. The summed E-state index contributed by atoms with van der Waals surface area (Å²) in [6.45, 7) is 10.9. The van der Waals surface area contributed by atoms with Crippen molar-refractivity contribution in [3.63, 3.8) is 0 Å². The predicted molar refractivity (Wildman–Crippen MR) is 88.3 cm³/mol. The summed E-state index contributed by atoms with van der Waals surface area (Å²) < 4.78 is 1.31. The van der Waals surface area contributed by atoms with Gasteiger partial charge in [0.15, 0.2) is 0 Å². The van der Waals surface area contributed by atoms with E-state index in [1.54, 1.807) is 22.7 Å². The molecule has 0 atom stereocenters. The zero-order valence-electron chi connectivity index (χ0n) is 11.5. The van der Waals surface area contributed by atoms with Crippen LogP contribution in [0.5, 0.6) is 0 Å². The summed E-state index contributed by atoms with van der Waals surface area (Å²) >= 11 is 8.02. The van der Waals surface area contributed by atoms with Crippen LogP contribution in [-0.2, 0) is 5.41 Å². The van der Waals surface area contributed by atoms with Gasteiger partial charge >= 0.3 is 0 Å². The van der Waals surface area contributed by atoms with Crippen molar-refractivity contribution >= 4 is 50.4 Å². The van der Waals surface area contributed by atoms with Crippen molar-refractivity contribution in [1.82, 2.24) is 4.98 Å². The molecular weight excluding hydrogens is 278 g/mol. The van der Waals surface area contributed by atoms with Crippen molar-refractivity contribution in [3.8, 4) is 0 Å². The molecule has 98 valence electrons. The molecule has 1 nitrogen and oxygen atoms in total. The molecule has 0 unspecified atom stereocenters. The van der Waals surface area contributed by atoms with Gasteiger partial charge in [-0.05, 0) is 32.4 Å². The molecule has 0 fully saturated rings. The topological polar surface area (TPSA) is 12.9 Å². The van der Waals surface area contributed by atoms with Gasteiger partial charge in [0.25, 0.3) is 0 Å². The van der Waals surface area contributed by atoms with Gasteiger partial charge in [0.1, 0.15) is 9.84 Å². The Morgan fingerprint density at radius 2 is 1.94 bits per heavy atom. The molecule has 18 heavy (non-hydrogen) atoms. The highest BCUT2D eigenvalue weighted by Gasteiger charge is 2.24. The quantitative estimate of drug-likeness (QED) is 0.751. The Labute approximate surface area is 122 Å². The van der Waals surface area contributed by atoms with Crippen molar-refractivity contribution in [2.24, 2.45) is 0 Å². The molecule has 4 heteroatoms. The maximum absolute atomic E-state index is 4.78. The number of hydrogen-bond donors (Lipinski definition) is 1. The van der Waals surface area contributed by atoms with E-state index in [-0.39, 0.29) is 5.41 Å². The Balaban J connectivity index is 2.46. The number of thiophene rings is 1. The summed E-state index contributed by atoms with van der Waals surface area (Å²) in [6.07, 6.45) is 0. The summed E-state index contributed by atoms with van der Waals surface area (Å²) in [5, 5.41) is 1.19. The number of rotatable bonds is 3. The number of fused-ring (bicyclic) bond motifs is 1. The van der Waals surface area contributed by atoms with Gasteiger partial charge in [0, 0.05) is 16.0 Å². The molecule has 0 N–H and O–H groups in total. The maximum atomic E-state index is 4.78. The zero-order chi connectivity index (χ0) is 13.5. The van der Waals surface area contributed by atoms with Gasteiger partial charge in [-0.1, -0.05) is 19.4 Å². The molecule has 0 spiro atoms. The van der Waals surface area contributed by atoms with Gasteiger partial charge in [0.2, 0.25) is 0 Å². The summed E-state index contributed by atoms with van der Waals surface area (Å²) in [7, 11) is 0. The van der Waals surface area contributed by atoms with Crippen LogP contribution in [0.1, 0.15) is 44.5 Å². The second-order valence-electron chi connectivity index (χ2n) is 5.47. The summed E-state index contributed by atoms with van der Waals surface area (Å²) in [4.78, 5) is 7.30. The number of nitrogens with zero attached hydrogens (tertiary/aromatic N) is 1. The first-order chi connectivity index (χ1) is 8.35. The van der Waals surface area contributed by atoms with Crippen LogP contribution in [0, 0.1) is 0 Å². The number of thiazole rings is 1. The van der Waals surface area contributed by atoms with Gasteiger partial charge in [0.05, 0.1) is 4.70 Å². The average molecular weight is 298 g/mol. The van der Waals surface area contributed by atoms with Crippen LogP contribution in [0.25, 0.3) is 15.1 Å². The molecule has 0 bridgehead atoms. The largest absolute Gasteiger partial charge is 0.230 e. The number of hydrogen-bond acceptors (Lipinski definition) is 4. The second-order valence-corrected chi connectivity index (χ2v) is 7.84. The van der Waals surface area contributed by atoms with Crippen LogP contribution in [-0.4, -0.2) is 10.7 Å². The molecule has 0 aliphatic heterocycles. The lowest BCUT2D eigenvalue weighted by Gasteiger charge is -2.17. The minimum Gasteiger partial charge on any atom is -0.230 e. The maximum Gasteiger partial charge on any atom is 0.135 e. The molecular formula is C14H19NS3. The molecule has 2 rings (SSSR count). The van der Waals surface area contributed by atoms with Crippen LogP contribution in [0.2, 0.25) is 0 Å². The van der Waals surface area contributed by atoms with E-state index in [1.165, 1.54) is 30.6 Å². The van der Waals surface area contributed by atoms with Gasteiger partial charge in [-0.15, -0.1) is 22.7 Å². The van der Waals surface area contributed by atoms with Crippen molar-refractivity contribution in [3.05, 3.63) is 21.5 Å². The molecule has 2 aromatic heterocycles. The molecule has 0 aliphatic carbocycles. The number of aromatic nitrogens is 1. The lowest BCUT2D eigenvalue weighted by molar-refractivity contribution is 0.600. The molecule has 0 saturated carbocycles. The van der Waals surface area contributed by atoms with E-state index in [0.29, 0.717) is 0 Å². The van der Waals surface area contributed by atoms with E-state index in [2.05, 4.69) is 53.3 Å². The molecule has 0 aromatic carbocycles. The number of allylic oxidation sites excluding steroid dienone is 2. The predicted octanol–water partition coefficient (Wildman–Crippen LogP) is 5.38. The highest BCUT2D eigenvalue weighted by molar-refractivity contribution is 7.80. The van der Waals surface area contributed by atoms with Gasteiger partial charge < -0.3 is 0 Å². The first-order valence-corrected chi connectivity index (χ1v) is 8.28. The van der Waals surface area contributed by atoms with Crippen molar-refractivity contribution < 1.29 is 0 Å². The third-order valence-corrected chi connectivity index (χ3v) is 6.62. The first kappa shape index (κ1) is 14.1. The van der Waals surface area contributed by atoms with Crippen LogP contribution >= 0.6 is 35.3 Å². The second kappa shape index (κ2) is 4.99. The standard InChI is InChI=1S/C14H19NS3/c1-8(2)9(3)10-6-11-12(17-10)15-13(18-11)14(4,5)7-16/h6,16H,7H2,1-5H3. The molecule has 0 amide bonds. The Hall–Kier alpha value is -0.320. The normalized spacial score (nSPS) is 12.1. The lowest BCUT2D eigenvalue weighted by atomic mass is 9.98.